The van der Waals surface area contributed by atoms with Crippen LogP contribution >= 0.6 is 0 Å². The first kappa shape index (κ1) is 21.2. The second-order valence-corrected chi connectivity index (χ2v) is 6.43. The van der Waals surface area contributed by atoms with Crippen molar-refractivity contribution in [3.63, 3.8) is 0 Å². The third kappa shape index (κ3) is 4.76. The third-order valence-electron chi connectivity index (χ3n) is 4.32. The number of hydrogen-bond donors (Lipinski definition) is 1. The molecular weight excluding hydrogens is 358 g/mol. The van der Waals surface area contributed by atoms with E-state index in [0.717, 1.165) is 5.56 Å². The van der Waals surface area contributed by atoms with Crippen molar-refractivity contribution < 1.29 is 23.9 Å². The predicted octanol–water partition coefficient (Wildman–Crippen LogP) is 4.06. The van der Waals surface area contributed by atoms with Crippen LogP contribution in [0.15, 0.2) is 30.3 Å². The lowest BCUT2D eigenvalue weighted by Crippen LogP contribution is -2.24. The summed E-state index contributed by atoms with van der Waals surface area (Å²) in [5, 5.41) is 0. The highest BCUT2D eigenvalue weighted by Crippen LogP contribution is 2.21. The standard InChI is InChI=1S/C22H25NO5/c1-6-27-18-10-8-7-9-17(18)11-12-19(25)28-16(5)22(26)21-13(2)20(15(4)24)14(3)23-21/h7-12,16,23H,6H2,1-5H3/b12-11+/t16-/m0/s1. The SMILES string of the molecule is CCOc1ccccc1/C=C/C(=O)O[C@@H](C)C(=O)c1[nH]c(C)c(C(C)=O)c1C. The predicted molar refractivity (Wildman–Crippen MR) is 107 cm³/mol. The number of nitrogens with one attached hydrogen (secondary N) is 1. The minimum Gasteiger partial charge on any atom is -0.493 e. The Hall–Kier alpha value is -3.15. The Kier molecular flexibility index (Phi) is 6.93. The number of ketones is 2. The zero-order chi connectivity index (χ0) is 20.8. The number of aromatic nitrogens is 1. The minimum absolute atomic E-state index is 0.120. The van der Waals surface area contributed by atoms with Gasteiger partial charge in [-0.1, -0.05) is 18.2 Å². The van der Waals surface area contributed by atoms with E-state index in [1.54, 1.807) is 19.9 Å². The van der Waals surface area contributed by atoms with E-state index in [1.807, 2.05) is 31.2 Å². The monoisotopic (exact) mass is 383 g/mol. The van der Waals surface area contributed by atoms with Gasteiger partial charge < -0.3 is 14.5 Å². The van der Waals surface area contributed by atoms with E-state index in [0.29, 0.717) is 29.2 Å². The molecule has 0 bridgehead atoms. The van der Waals surface area contributed by atoms with E-state index in [-0.39, 0.29) is 17.3 Å². The molecule has 1 aromatic carbocycles. The first-order valence-electron chi connectivity index (χ1n) is 9.11. The van der Waals surface area contributed by atoms with Gasteiger partial charge in [0.15, 0.2) is 11.9 Å². The van der Waals surface area contributed by atoms with Crippen LogP contribution < -0.4 is 4.74 Å². The van der Waals surface area contributed by atoms with E-state index in [9.17, 15) is 14.4 Å². The maximum atomic E-state index is 12.6. The molecule has 28 heavy (non-hydrogen) atoms. The van der Waals surface area contributed by atoms with E-state index in [1.165, 1.54) is 19.9 Å². The quantitative estimate of drug-likeness (QED) is 0.422. The molecule has 0 saturated heterocycles. The van der Waals surface area contributed by atoms with Crippen LogP contribution in [0, 0.1) is 13.8 Å². The smallest absolute Gasteiger partial charge is 0.331 e. The molecule has 1 aromatic heterocycles. The van der Waals surface area contributed by atoms with Gasteiger partial charge in [-0.2, -0.15) is 0 Å². The Bertz CT molecular complexity index is 923. The number of aromatic amines is 1. The van der Waals surface area contributed by atoms with Crippen molar-refractivity contribution in [3.05, 3.63) is 58.4 Å². The topological polar surface area (TPSA) is 85.5 Å². The molecule has 148 valence electrons. The van der Waals surface area contributed by atoms with Crippen LogP contribution in [0.3, 0.4) is 0 Å². The van der Waals surface area contributed by atoms with E-state index in [2.05, 4.69) is 4.98 Å². The van der Waals surface area contributed by atoms with Crippen LogP contribution in [0.1, 0.15) is 58.4 Å². The summed E-state index contributed by atoms with van der Waals surface area (Å²) in [6, 6.07) is 7.31. The summed E-state index contributed by atoms with van der Waals surface area (Å²) in [6.07, 6.45) is 1.86. The zero-order valence-electron chi connectivity index (χ0n) is 16.8. The summed E-state index contributed by atoms with van der Waals surface area (Å²) in [4.78, 5) is 39.4. The Balaban J connectivity index is 2.10. The number of benzene rings is 1. The van der Waals surface area contributed by atoms with Crippen molar-refractivity contribution in [2.45, 2.75) is 40.7 Å². The highest BCUT2D eigenvalue weighted by molar-refractivity contribution is 6.05. The average Bonchev–Trinajstić information content (AvgIpc) is 2.94. The first-order chi connectivity index (χ1) is 13.3. The lowest BCUT2D eigenvalue weighted by Gasteiger charge is -2.11. The number of aryl methyl sites for hydroxylation is 1. The van der Waals surface area contributed by atoms with E-state index < -0.39 is 12.1 Å². The first-order valence-corrected chi connectivity index (χ1v) is 9.11. The maximum Gasteiger partial charge on any atom is 0.331 e. The summed E-state index contributed by atoms with van der Waals surface area (Å²) < 4.78 is 10.7. The van der Waals surface area contributed by atoms with Gasteiger partial charge in [-0.05, 0) is 52.3 Å². The van der Waals surface area contributed by atoms with Gasteiger partial charge in [-0.25, -0.2) is 4.79 Å². The zero-order valence-corrected chi connectivity index (χ0v) is 16.8. The lowest BCUT2D eigenvalue weighted by molar-refractivity contribution is -0.140. The molecule has 0 amide bonds. The van der Waals surface area contributed by atoms with Gasteiger partial charge in [0.2, 0.25) is 5.78 Å². The van der Waals surface area contributed by atoms with Gasteiger partial charge in [0.1, 0.15) is 5.75 Å². The average molecular weight is 383 g/mol. The molecular formula is C22H25NO5. The van der Waals surface area contributed by atoms with Crippen molar-refractivity contribution in [1.29, 1.82) is 0 Å². The molecule has 0 spiro atoms. The lowest BCUT2D eigenvalue weighted by atomic mass is 10.0. The van der Waals surface area contributed by atoms with Gasteiger partial charge in [-0.3, -0.25) is 9.59 Å². The molecule has 1 atom stereocenters. The molecule has 0 fully saturated rings. The number of para-hydroxylation sites is 1. The fraction of sp³-hybridized carbons (Fsp3) is 0.318. The Morgan fingerprint density at radius 2 is 1.86 bits per heavy atom. The van der Waals surface area contributed by atoms with Crippen molar-refractivity contribution in [2.24, 2.45) is 0 Å². The molecule has 2 aromatic rings. The number of carbonyl (C=O) groups excluding carboxylic acids is 3. The second-order valence-electron chi connectivity index (χ2n) is 6.43. The number of rotatable bonds is 8. The molecule has 0 aliphatic heterocycles. The fourth-order valence-electron chi connectivity index (χ4n) is 3.06. The van der Waals surface area contributed by atoms with Crippen molar-refractivity contribution >= 4 is 23.6 Å². The van der Waals surface area contributed by atoms with Crippen molar-refractivity contribution in [1.82, 2.24) is 4.98 Å². The van der Waals surface area contributed by atoms with Crippen LogP contribution in [0.4, 0.5) is 0 Å². The summed E-state index contributed by atoms with van der Waals surface area (Å²) in [5.74, 6) is -0.484. The second kappa shape index (κ2) is 9.17. The molecule has 1 N–H and O–H groups in total. The highest BCUT2D eigenvalue weighted by Gasteiger charge is 2.25. The van der Waals surface area contributed by atoms with E-state index >= 15 is 0 Å². The van der Waals surface area contributed by atoms with Crippen LogP contribution in [-0.4, -0.2) is 35.2 Å². The van der Waals surface area contributed by atoms with Crippen LogP contribution in [0.5, 0.6) is 5.75 Å². The largest absolute Gasteiger partial charge is 0.493 e. The summed E-state index contributed by atoms with van der Waals surface area (Å²) >= 11 is 0. The van der Waals surface area contributed by atoms with Crippen LogP contribution in [0.2, 0.25) is 0 Å². The molecule has 0 radical (unpaired) electrons. The molecule has 1 heterocycles. The number of hydrogen-bond acceptors (Lipinski definition) is 5. The summed E-state index contributed by atoms with van der Waals surface area (Å²) in [6.45, 7) is 8.78. The minimum atomic E-state index is -0.990. The van der Waals surface area contributed by atoms with Crippen LogP contribution in [0.25, 0.3) is 6.08 Å². The molecule has 0 unspecified atom stereocenters. The molecule has 0 saturated carbocycles. The Morgan fingerprint density at radius 1 is 1.18 bits per heavy atom. The molecule has 6 nitrogen and oxygen atoms in total. The van der Waals surface area contributed by atoms with Gasteiger partial charge in [0.25, 0.3) is 0 Å². The normalized spacial score (nSPS) is 12.0. The summed E-state index contributed by atoms with van der Waals surface area (Å²) in [5.41, 5.74) is 2.71. The fourth-order valence-corrected chi connectivity index (χ4v) is 3.06. The third-order valence-corrected chi connectivity index (χ3v) is 4.32. The van der Waals surface area contributed by atoms with Gasteiger partial charge in [0.05, 0.1) is 12.3 Å². The molecule has 0 aliphatic rings. The Morgan fingerprint density at radius 3 is 2.46 bits per heavy atom. The highest BCUT2D eigenvalue weighted by atomic mass is 16.5. The summed E-state index contributed by atoms with van der Waals surface area (Å²) in [7, 11) is 0. The molecule has 0 aliphatic carbocycles. The van der Waals surface area contributed by atoms with Gasteiger partial charge in [-0.15, -0.1) is 0 Å². The van der Waals surface area contributed by atoms with Crippen molar-refractivity contribution in [3.8, 4) is 5.75 Å². The Labute approximate surface area is 164 Å². The maximum absolute atomic E-state index is 12.6. The van der Waals surface area contributed by atoms with Crippen molar-refractivity contribution in [2.75, 3.05) is 6.61 Å². The number of carbonyl (C=O) groups is 3. The number of H-pyrrole nitrogens is 1. The van der Waals surface area contributed by atoms with E-state index in [4.69, 9.17) is 9.47 Å². The number of esters is 1. The number of Topliss-reactive ketones (excluding diaryl/α,β-unsaturated/α-hetero) is 2. The van der Waals surface area contributed by atoms with Crippen LogP contribution in [-0.2, 0) is 9.53 Å². The molecule has 6 heteroatoms. The van der Waals surface area contributed by atoms with Gasteiger partial charge in [0, 0.05) is 22.9 Å². The molecule has 2 rings (SSSR count). The van der Waals surface area contributed by atoms with Gasteiger partial charge >= 0.3 is 5.97 Å². The number of ether oxygens (including phenoxy) is 2.